The van der Waals surface area contributed by atoms with Crippen LogP contribution < -0.4 is 0 Å². The van der Waals surface area contributed by atoms with Crippen molar-refractivity contribution in [3.8, 4) is 17.5 Å². The third-order valence-corrected chi connectivity index (χ3v) is 7.98. The van der Waals surface area contributed by atoms with E-state index in [0.29, 0.717) is 17.9 Å². The van der Waals surface area contributed by atoms with Crippen molar-refractivity contribution in [3.63, 3.8) is 0 Å². The lowest BCUT2D eigenvalue weighted by molar-refractivity contribution is 0.135. The Bertz CT molecular complexity index is 1330. The van der Waals surface area contributed by atoms with Crippen LogP contribution in [0.5, 0.6) is 0 Å². The van der Waals surface area contributed by atoms with Gasteiger partial charge in [0.25, 0.3) is 0 Å². The van der Waals surface area contributed by atoms with Gasteiger partial charge in [0.1, 0.15) is 5.76 Å². The van der Waals surface area contributed by atoms with E-state index in [1.165, 1.54) is 24.1 Å². The maximum absolute atomic E-state index is 10.7. The van der Waals surface area contributed by atoms with Crippen LogP contribution in [-0.4, -0.2) is 20.1 Å². The second-order valence-electron chi connectivity index (χ2n) is 9.91. The van der Waals surface area contributed by atoms with Crippen molar-refractivity contribution in [3.05, 3.63) is 64.8 Å². The molecule has 6 rings (SSSR count). The first-order chi connectivity index (χ1) is 15.5. The molecule has 2 heterocycles. The summed E-state index contributed by atoms with van der Waals surface area (Å²) < 4.78 is 0. The Morgan fingerprint density at radius 1 is 1.12 bits per heavy atom. The highest BCUT2D eigenvalue weighted by molar-refractivity contribution is 5.92. The average molecular weight is 423 g/mol. The van der Waals surface area contributed by atoms with Crippen LogP contribution in [0, 0.1) is 23.2 Å². The Kier molecular flexibility index (Phi) is 4.17. The molecule has 1 aromatic carbocycles. The molecule has 3 aliphatic rings. The first-order valence-electron chi connectivity index (χ1n) is 11.6. The fourth-order valence-corrected chi connectivity index (χ4v) is 6.16. The lowest BCUT2D eigenvalue weighted by atomic mass is 9.56. The molecule has 0 bridgehead atoms. The maximum Gasteiger partial charge on any atom is 0.160 e. The van der Waals surface area contributed by atoms with Gasteiger partial charge < -0.3 is 5.11 Å². The molecule has 0 unspecified atom stereocenters. The molecule has 1 fully saturated rings. The number of nitriles is 1. The molecule has 3 aromatic rings. The topological polar surface area (TPSA) is 82.7 Å². The van der Waals surface area contributed by atoms with Crippen molar-refractivity contribution in [1.82, 2.24) is 15.0 Å². The lowest BCUT2D eigenvalue weighted by Crippen LogP contribution is -2.45. The average Bonchev–Trinajstić information content (AvgIpc) is 3.66. The number of hydrogen-bond donors (Lipinski definition) is 1. The molecule has 0 saturated heterocycles. The molecule has 5 heteroatoms. The van der Waals surface area contributed by atoms with Gasteiger partial charge in [0.2, 0.25) is 0 Å². The number of para-hydroxylation sites is 1. The Morgan fingerprint density at radius 2 is 1.94 bits per heavy atom. The Labute approximate surface area is 187 Å². The highest BCUT2D eigenvalue weighted by Gasteiger charge is 2.50. The molecule has 0 aliphatic heterocycles. The lowest BCUT2D eigenvalue weighted by Gasteiger charge is -2.48. The van der Waals surface area contributed by atoms with Crippen molar-refractivity contribution in [1.29, 1.82) is 5.26 Å². The normalized spacial score (nSPS) is 27.0. The third kappa shape index (κ3) is 2.72. The number of aromatic nitrogens is 3. The number of nitrogens with zero attached hydrogens (tertiary/aromatic N) is 4. The molecule has 3 aliphatic carbocycles. The maximum atomic E-state index is 10.7. The number of benzene rings is 1. The van der Waals surface area contributed by atoms with Crippen LogP contribution in [0.2, 0.25) is 0 Å². The highest BCUT2D eigenvalue weighted by Crippen LogP contribution is 2.55. The first-order valence-corrected chi connectivity index (χ1v) is 11.6. The predicted octanol–water partition coefficient (Wildman–Crippen LogP) is 5.76. The van der Waals surface area contributed by atoms with Gasteiger partial charge in [-0.3, -0.25) is 4.98 Å². The monoisotopic (exact) mass is 422 g/mol. The fourth-order valence-electron chi connectivity index (χ4n) is 6.16. The van der Waals surface area contributed by atoms with E-state index in [-0.39, 0.29) is 23.0 Å². The van der Waals surface area contributed by atoms with Gasteiger partial charge in [0.15, 0.2) is 5.82 Å². The van der Waals surface area contributed by atoms with Gasteiger partial charge >= 0.3 is 0 Å². The second kappa shape index (κ2) is 6.87. The van der Waals surface area contributed by atoms with Gasteiger partial charge in [-0.15, -0.1) is 0 Å². The van der Waals surface area contributed by atoms with Gasteiger partial charge in [-0.1, -0.05) is 32.0 Å². The van der Waals surface area contributed by atoms with E-state index in [2.05, 4.69) is 31.0 Å². The Hall–Kier alpha value is -3.26. The van der Waals surface area contributed by atoms with E-state index in [1.54, 1.807) is 0 Å². The Balaban J connectivity index is 1.60. The third-order valence-electron chi connectivity index (χ3n) is 7.98. The van der Waals surface area contributed by atoms with Crippen LogP contribution in [-0.2, 0) is 11.8 Å². The standard InChI is InChI=1S/C27H26N4O/c1-15-21-10-9-20-23(16-7-8-16)30-26(19-11-12-29-22-6-4-3-5-18(19)22)31-25(20)27(21,2)13-17(14-28)24(15)32/h3-6,11-12,15-16,21,32H,7-10,13H2,1-2H3/t15-,21-,27-/m1/s1. The summed E-state index contributed by atoms with van der Waals surface area (Å²) >= 11 is 0. The summed E-state index contributed by atoms with van der Waals surface area (Å²) in [5.41, 5.74) is 5.76. The first kappa shape index (κ1) is 19.4. The zero-order valence-electron chi connectivity index (χ0n) is 18.5. The molecule has 0 spiro atoms. The summed E-state index contributed by atoms with van der Waals surface area (Å²) in [6, 6.07) is 12.4. The molecular formula is C27H26N4O. The van der Waals surface area contributed by atoms with Crippen molar-refractivity contribution in [2.24, 2.45) is 11.8 Å². The zero-order valence-corrected chi connectivity index (χ0v) is 18.5. The molecule has 1 saturated carbocycles. The molecule has 160 valence electrons. The van der Waals surface area contributed by atoms with E-state index >= 15 is 0 Å². The predicted molar refractivity (Wildman–Crippen MR) is 123 cm³/mol. The molecular weight excluding hydrogens is 396 g/mol. The molecule has 0 radical (unpaired) electrons. The van der Waals surface area contributed by atoms with Crippen molar-refractivity contribution < 1.29 is 5.11 Å². The van der Waals surface area contributed by atoms with E-state index in [1.807, 2.05) is 30.5 Å². The summed E-state index contributed by atoms with van der Waals surface area (Å²) in [5.74, 6) is 1.77. The minimum absolute atomic E-state index is 0.0407. The minimum Gasteiger partial charge on any atom is -0.511 e. The summed E-state index contributed by atoms with van der Waals surface area (Å²) in [6.07, 6.45) is 6.67. The van der Waals surface area contributed by atoms with Gasteiger partial charge in [-0.05, 0) is 55.7 Å². The quantitative estimate of drug-likeness (QED) is 0.567. The van der Waals surface area contributed by atoms with Gasteiger partial charge in [0, 0.05) is 34.4 Å². The van der Waals surface area contributed by atoms with Crippen molar-refractivity contribution in [2.75, 3.05) is 0 Å². The van der Waals surface area contributed by atoms with Crippen LogP contribution in [0.4, 0.5) is 0 Å². The van der Waals surface area contributed by atoms with Crippen molar-refractivity contribution >= 4 is 10.9 Å². The van der Waals surface area contributed by atoms with Gasteiger partial charge in [0.05, 0.1) is 28.5 Å². The zero-order chi connectivity index (χ0) is 22.0. The van der Waals surface area contributed by atoms with Crippen molar-refractivity contribution in [2.45, 2.75) is 57.3 Å². The number of rotatable bonds is 2. The summed E-state index contributed by atoms with van der Waals surface area (Å²) in [5, 5.41) is 21.4. The minimum atomic E-state index is -0.283. The van der Waals surface area contributed by atoms with Crippen LogP contribution in [0.25, 0.3) is 22.3 Å². The molecule has 1 N–H and O–H groups in total. The summed E-state index contributed by atoms with van der Waals surface area (Å²) in [7, 11) is 0. The van der Waals surface area contributed by atoms with Crippen LogP contribution >= 0.6 is 0 Å². The SMILES string of the molecule is C[C@H]1C(O)=C(C#N)C[C@@]2(C)c3nc(-c4ccnc5ccccc45)nc(C4CC4)c3CC[C@H]12. The van der Waals surface area contributed by atoms with Gasteiger partial charge in [-0.25, -0.2) is 9.97 Å². The number of aliphatic hydroxyl groups is 1. The molecule has 3 atom stereocenters. The number of hydrogen-bond acceptors (Lipinski definition) is 5. The molecule has 0 amide bonds. The van der Waals surface area contributed by atoms with Crippen LogP contribution in [0.3, 0.4) is 0 Å². The number of pyridine rings is 1. The molecule has 5 nitrogen and oxygen atoms in total. The van der Waals surface area contributed by atoms with E-state index in [9.17, 15) is 10.4 Å². The summed E-state index contributed by atoms with van der Waals surface area (Å²) in [6.45, 7) is 4.30. The molecule has 2 aromatic heterocycles. The van der Waals surface area contributed by atoms with E-state index in [0.717, 1.165) is 40.8 Å². The number of fused-ring (bicyclic) bond motifs is 4. The second-order valence-corrected chi connectivity index (χ2v) is 9.91. The fraction of sp³-hybridized carbons (Fsp3) is 0.407. The number of allylic oxidation sites excluding steroid dienone is 2. The summed E-state index contributed by atoms with van der Waals surface area (Å²) in [4.78, 5) is 14.9. The van der Waals surface area contributed by atoms with Crippen LogP contribution in [0.1, 0.15) is 62.4 Å². The smallest absolute Gasteiger partial charge is 0.160 e. The van der Waals surface area contributed by atoms with E-state index < -0.39 is 0 Å². The molecule has 32 heavy (non-hydrogen) atoms. The van der Waals surface area contributed by atoms with E-state index in [4.69, 9.17) is 9.97 Å². The van der Waals surface area contributed by atoms with Gasteiger partial charge in [-0.2, -0.15) is 5.26 Å². The largest absolute Gasteiger partial charge is 0.511 e. The number of aliphatic hydroxyl groups excluding tert-OH is 1. The Morgan fingerprint density at radius 3 is 2.72 bits per heavy atom. The van der Waals surface area contributed by atoms with Crippen LogP contribution in [0.15, 0.2) is 47.9 Å². The highest BCUT2D eigenvalue weighted by atomic mass is 16.3.